The van der Waals surface area contributed by atoms with Gasteiger partial charge in [-0.3, -0.25) is 4.79 Å². The Hall–Kier alpha value is -2.23. The summed E-state index contributed by atoms with van der Waals surface area (Å²) in [6.45, 7) is 2.66. The number of benzene rings is 1. The molecular formula is C16H19NO3. The van der Waals surface area contributed by atoms with Gasteiger partial charge in [0.05, 0.1) is 13.4 Å². The van der Waals surface area contributed by atoms with E-state index in [0.29, 0.717) is 12.3 Å². The van der Waals surface area contributed by atoms with E-state index in [0.717, 1.165) is 24.2 Å². The highest BCUT2D eigenvalue weighted by atomic mass is 16.5. The van der Waals surface area contributed by atoms with Crippen molar-refractivity contribution in [1.82, 2.24) is 5.32 Å². The molecule has 0 saturated heterocycles. The van der Waals surface area contributed by atoms with Crippen LogP contribution in [0.25, 0.3) is 0 Å². The first-order valence-corrected chi connectivity index (χ1v) is 6.72. The first-order valence-electron chi connectivity index (χ1n) is 6.72. The molecule has 2 aromatic rings. The van der Waals surface area contributed by atoms with Crippen LogP contribution in [0.15, 0.2) is 41.0 Å². The fourth-order valence-electron chi connectivity index (χ4n) is 2.05. The Bertz CT molecular complexity index is 561. The van der Waals surface area contributed by atoms with Crippen molar-refractivity contribution in [1.29, 1.82) is 0 Å². The monoisotopic (exact) mass is 273 g/mol. The molecule has 20 heavy (non-hydrogen) atoms. The van der Waals surface area contributed by atoms with E-state index in [-0.39, 0.29) is 5.91 Å². The number of methoxy groups -OCH3 is 1. The van der Waals surface area contributed by atoms with Gasteiger partial charge in [-0.2, -0.15) is 0 Å². The minimum Gasteiger partial charge on any atom is -0.496 e. The number of carbonyl (C=O) groups excluding carboxylic acids is 1. The predicted molar refractivity (Wildman–Crippen MR) is 77.1 cm³/mol. The Morgan fingerprint density at radius 1 is 1.35 bits per heavy atom. The zero-order valence-electron chi connectivity index (χ0n) is 11.8. The van der Waals surface area contributed by atoms with E-state index in [2.05, 4.69) is 24.4 Å². The number of hydrogen-bond acceptors (Lipinski definition) is 3. The molecule has 1 aromatic carbocycles. The molecule has 1 amide bonds. The van der Waals surface area contributed by atoms with Gasteiger partial charge in [-0.25, -0.2) is 0 Å². The van der Waals surface area contributed by atoms with Gasteiger partial charge in [-0.15, -0.1) is 0 Å². The number of hydrogen-bond donors (Lipinski definition) is 1. The molecule has 0 atom stereocenters. The number of ether oxygens (including phenoxy) is 1. The van der Waals surface area contributed by atoms with Crippen molar-refractivity contribution < 1.29 is 13.9 Å². The minimum atomic E-state index is -0.194. The van der Waals surface area contributed by atoms with Crippen LogP contribution in [0.1, 0.15) is 28.6 Å². The molecule has 0 unspecified atom stereocenters. The van der Waals surface area contributed by atoms with Crippen LogP contribution in [-0.2, 0) is 12.8 Å². The first-order chi connectivity index (χ1) is 9.74. The molecule has 0 radical (unpaired) electrons. The van der Waals surface area contributed by atoms with E-state index in [1.165, 1.54) is 11.8 Å². The van der Waals surface area contributed by atoms with Gasteiger partial charge in [-0.05, 0) is 42.2 Å². The van der Waals surface area contributed by atoms with Crippen LogP contribution in [0.4, 0.5) is 0 Å². The van der Waals surface area contributed by atoms with Crippen LogP contribution in [0, 0.1) is 0 Å². The number of aryl methyl sites for hydroxylation is 1. The molecule has 0 aliphatic heterocycles. The molecule has 4 heteroatoms. The molecule has 1 aromatic heterocycles. The van der Waals surface area contributed by atoms with Crippen LogP contribution in [0.5, 0.6) is 5.75 Å². The maximum Gasteiger partial charge on any atom is 0.286 e. The summed E-state index contributed by atoms with van der Waals surface area (Å²) >= 11 is 0. The predicted octanol–water partition coefficient (Wildman–Crippen LogP) is 2.82. The van der Waals surface area contributed by atoms with Gasteiger partial charge < -0.3 is 14.5 Å². The summed E-state index contributed by atoms with van der Waals surface area (Å²) in [6.07, 6.45) is 3.20. The van der Waals surface area contributed by atoms with Crippen LogP contribution in [0.3, 0.4) is 0 Å². The highest BCUT2D eigenvalue weighted by Gasteiger charge is 2.09. The normalized spacial score (nSPS) is 10.3. The van der Waals surface area contributed by atoms with Gasteiger partial charge in [0.2, 0.25) is 0 Å². The van der Waals surface area contributed by atoms with E-state index in [9.17, 15) is 4.79 Å². The average Bonchev–Trinajstić information content (AvgIpc) is 3.01. The first kappa shape index (κ1) is 14.2. The molecule has 4 nitrogen and oxygen atoms in total. The topological polar surface area (TPSA) is 51.5 Å². The maximum absolute atomic E-state index is 11.7. The third-order valence-corrected chi connectivity index (χ3v) is 3.18. The van der Waals surface area contributed by atoms with Gasteiger partial charge in [0, 0.05) is 6.54 Å². The summed E-state index contributed by atoms with van der Waals surface area (Å²) in [7, 11) is 1.66. The SMILES string of the molecule is CCc1ccc(OC)c(CCNC(=O)c2ccco2)c1. The Labute approximate surface area is 118 Å². The minimum absolute atomic E-state index is 0.194. The third kappa shape index (κ3) is 3.41. The summed E-state index contributed by atoms with van der Waals surface area (Å²) in [6, 6.07) is 9.50. The fourth-order valence-corrected chi connectivity index (χ4v) is 2.05. The number of amides is 1. The molecule has 0 bridgehead atoms. The second kappa shape index (κ2) is 6.80. The highest BCUT2D eigenvalue weighted by Crippen LogP contribution is 2.20. The molecule has 0 aliphatic carbocycles. The smallest absolute Gasteiger partial charge is 0.286 e. The second-order valence-electron chi connectivity index (χ2n) is 4.48. The van der Waals surface area contributed by atoms with Crippen molar-refractivity contribution in [3.05, 3.63) is 53.5 Å². The van der Waals surface area contributed by atoms with Crippen molar-refractivity contribution in [2.24, 2.45) is 0 Å². The Balaban J connectivity index is 1.95. The summed E-state index contributed by atoms with van der Waals surface area (Å²) in [4.78, 5) is 11.7. The van der Waals surface area contributed by atoms with Gasteiger partial charge in [0.1, 0.15) is 5.75 Å². The molecular weight excluding hydrogens is 254 g/mol. The molecule has 2 rings (SSSR count). The lowest BCUT2D eigenvalue weighted by molar-refractivity contribution is 0.0926. The summed E-state index contributed by atoms with van der Waals surface area (Å²) in [5, 5.41) is 2.83. The molecule has 1 N–H and O–H groups in total. The standard InChI is InChI=1S/C16H19NO3/c1-3-12-6-7-14(19-2)13(11-12)8-9-17-16(18)15-5-4-10-20-15/h4-7,10-11H,3,8-9H2,1-2H3,(H,17,18). The van der Waals surface area contributed by atoms with Crippen LogP contribution < -0.4 is 10.1 Å². The van der Waals surface area contributed by atoms with Crippen LogP contribution >= 0.6 is 0 Å². The van der Waals surface area contributed by atoms with Crippen molar-refractivity contribution >= 4 is 5.91 Å². The van der Waals surface area contributed by atoms with Crippen molar-refractivity contribution in [3.8, 4) is 5.75 Å². The lowest BCUT2D eigenvalue weighted by Gasteiger charge is -2.10. The quantitative estimate of drug-likeness (QED) is 0.880. The lowest BCUT2D eigenvalue weighted by atomic mass is 10.1. The lowest BCUT2D eigenvalue weighted by Crippen LogP contribution is -2.25. The van der Waals surface area contributed by atoms with Gasteiger partial charge >= 0.3 is 0 Å². The summed E-state index contributed by atoms with van der Waals surface area (Å²) in [5.74, 6) is 0.995. The zero-order chi connectivity index (χ0) is 14.4. The fraction of sp³-hybridized carbons (Fsp3) is 0.312. The van der Waals surface area contributed by atoms with E-state index in [1.54, 1.807) is 19.2 Å². The van der Waals surface area contributed by atoms with E-state index in [4.69, 9.17) is 9.15 Å². The highest BCUT2D eigenvalue weighted by molar-refractivity contribution is 5.91. The maximum atomic E-state index is 11.7. The Morgan fingerprint density at radius 3 is 2.85 bits per heavy atom. The number of furan rings is 1. The molecule has 0 saturated carbocycles. The van der Waals surface area contributed by atoms with Crippen molar-refractivity contribution in [2.75, 3.05) is 13.7 Å². The largest absolute Gasteiger partial charge is 0.496 e. The zero-order valence-corrected chi connectivity index (χ0v) is 11.8. The second-order valence-corrected chi connectivity index (χ2v) is 4.48. The van der Waals surface area contributed by atoms with Gasteiger partial charge in [-0.1, -0.05) is 19.1 Å². The number of nitrogens with one attached hydrogen (secondary N) is 1. The Kier molecular flexibility index (Phi) is 4.82. The number of carbonyl (C=O) groups is 1. The van der Waals surface area contributed by atoms with Gasteiger partial charge in [0.15, 0.2) is 5.76 Å². The summed E-state index contributed by atoms with van der Waals surface area (Å²) < 4.78 is 10.4. The molecule has 0 aliphatic rings. The summed E-state index contributed by atoms with van der Waals surface area (Å²) in [5.41, 5.74) is 2.37. The third-order valence-electron chi connectivity index (χ3n) is 3.18. The van der Waals surface area contributed by atoms with Crippen molar-refractivity contribution in [2.45, 2.75) is 19.8 Å². The number of rotatable bonds is 6. The van der Waals surface area contributed by atoms with Crippen molar-refractivity contribution in [3.63, 3.8) is 0 Å². The Morgan fingerprint density at radius 2 is 2.20 bits per heavy atom. The molecule has 106 valence electrons. The van der Waals surface area contributed by atoms with Crippen LogP contribution in [0.2, 0.25) is 0 Å². The molecule has 0 fully saturated rings. The van der Waals surface area contributed by atoms with E-state index >= 15 is 0 Å². The van der Waals surface area contributed by atoms with E-state index in [1.807, 2.05) is 6.07 Å². The molecule has 0 spiro atoms. The molecule has 1 heterocycles. The average molecular weight is 273 g/mol. The van der Waals surface area contributed by atoms with Gasteiger partial charge in [0.25, 0.3) is 5.91 Å². The van der Waals surface area contributed by atoms with Crippen LogP contribution in [-0.4, -0.2) is 19.6 Å². The van der Waals surface area contributed by atoms with E-state index < -0.39 is 0 Å².